The number of non-ortho nitro benzene ring substituents is 1. The summed E-state index contributed by atoms with van der Waals surface area (Å²) in [5.41, 5.74) is -2.23. The maximum Gasteiger partial charge on any atom is 0.322 e. The Kier molecular flexibility index (Phi) is 4.43. The summed E-state index contributed by atoms with van der Waals surface area (Å²) in [6.07, 6.45) is 0. The van der Waals surface area contributed by atoms with E-state index >= 15 is 0 Å². The maximum atomic E-state index is 12.0. The molecular weight excluding hydrogens is 288 g/mol. The van der Waals surface area contributed by atoms with E-state index in [1.54, 1.807) is 0 Å². The minimum atomic E-state index is -2.09. The fourth-order valence-corrected chi connectivity index (χ4v) is 1.62. The smallest absolute Gasteiger partial charge is 0.322 e. The highest BCUT2D eigenvalue weighted by Crippen LogP contribution is 2.27. The molecule has 110 valence electrons. The third-order valence-corrected chi connectivity index (χ3v) is 2.57. The lowest BCUT2D eigenvalue weighted by molar-refractivity contribution is -0.394. The summed E-state index contributed by atoms with van der Waals surface area (Å²) in [5.74, 6) is -6.14. The molecule has 0 bridgehead atoms. The van der Waals surface area contributed by atoms with E-state index in [-0.39, 0.29) is 0 Å². The zero-order valence-corrected chi connectivity index (χ0v) is 10.5. The van der Waals surface area contributed by atoms with Crippen molar-refractivity contribution in [2.45, 2.75) is 6.92 Å². The Labute approximate surface area is 116 Å². The molecule has 10 nitrogen and oxygen atoms in total. The van der Waals surface area contributed by atoms with Crippen molar-refractivity contribution in [1.29, 1.82) is 0 Å². The minimum absolute atomic E-state index is 0.534. The van der Waals surface area contributed by atoms with Crippen molar-refractivity contribution in [2.24, 2.45) is 5.92 Å². The van der Waals surface area contributed by atoms with Gasteiger partial charge in [0.1, 0.15) is 0 Å². The Hall–Kier alpha value is -3.17. The van der Waals surface area contributed by atoms with Crippen molar-refractivity contribution in [3.8, 4) is 0 Å². The maximum absolute atomic E-state index is 12.0. The molecule has 0 aliphatic carbocycles. The number of aliphatic carboxylic acids is 1. The summed E-state index contributed by atoms with van der Waals surface area (Å²) in [4.78, 5) is 53.5. The first-order valence-electron chi connectivity index (χ1n) is 5.37. The molecule has 0 radical (unpaired) electrons. The number of nitro benzene ring substituents is 2. The molecule has 0 saturated carbocycles. The van der Waals surface area contributed by atoms with Crippen LogP contribution in [0.1, 0.15) is 17.3 Å². The summed E-state index contributed by atoms with van der Waals surface area (Å²) >= 11 is 0. The molecule has 0 heterocycles. The molecule has 10 heteroatoms. The summed E-state index contributed by atoms with van der Waals surface area (Å²) in [7, 11) is 0. The van der Waals surface area contributed by atoms with Crippen molar-refractivity contribution in [2.75, 3.05) is 0 Å². The van der Waals surface area contributed by atoms with Gasteiger partial charge >= 0.3 is 5.97 Å². The average Bonchev–Trinajstić information content (AvgIpc) is 2.36. The molecular formula is C11H8N2O8. The van der Waals surface area contributed by atoms with Crippen molar-refractivity contribution in [1.82, 2.24) is 0 Å². The lowest BCUT2D eigenvalue weighted by Gasteiger charge is -2.08. The lowest BCUT2D eigenvalue weighted by Crippen LogP contribution is -2.30. The number of nitro groups is 2. The zero-order chi connectivity index (χ0) is 16.3. The van der Waals surface area contributed by atoms with Crippen LogP contribution in [0.5, 0.6) is 0 Å². The van der Waals surface area contributed by atoms with Gasteiger partial charge in [0.05, 0.1) is 21.5 Å². The van der Waals surface area contributed by atoms with Gasteiger partial charge in [0.2, 0.25) is 0 Å². The Morgan fingerprint density at radius 2 is 1.71 bits per heavy atom. The second kappa shape index (κ2) is 5.86. The van der Waals surface area contributed by atoms with Crippen LogP contribution >= 0.6 is 0 Å². The molecule has 0 amide bonds. The lowest BCUT2D eigenvalue weighted by atomic mass is 9.93. The van der Waals surface area contributed by atoms with Crippen LogP contribution in [0, 0.1) is 26.1 Å². The molecule has 0 saturated heterocycles. The van der Waals surface area contributed by atoms with E-state index in [1.165, 1.54) is 0 Å². The van der Waals surface area contributed by atoms with Gasteiger partial charge in [-0.2, -0.15) is 0 Å². The highest BCUT2D eigenvalue weighted by atomic mass is 16.6. The fourth-order valence-electron chi connectivity index (χ4n) is 1.62. The highest BCUT2D eigenvalue weighted by molar-refractivity contribution is 6.22. The minimum Gasteiger partial charge on any atom is -0.480 e. The van der Waals surface area contributed by atoms with Gasteiger partial charge in [-0.15, -0.1) is 0 Å². The Morgan fingerprint density at radius 3 is 2.10 bits per heavy atom. The number of ketones is 2. The average molecular weight is 296 g/mol. The Balaban J connectivity index is 3.45. The molecule has 0 aromatic heterocycles. The van der Waals surface area contributed by atoms with E-state index in [9.17, 15) is 34.6 Å². The van der Waals surface area contributed by atoms with Crippen LogP contribution in [-0.4, -0.2) is 32.5 Å². The predicted molar refractivity (Wildman–Crippen MR) is 65.9 cm³/mol. The van der Waals surface area contributed by atoms with Crippen LogP contribution in [-0.2, 0) is 9.59 Å². The molecule has 0 fully saturated rings. The van der Waals surface area contributed by atoms with Gasteiger partial charge < -0.3 is 5.11 Å². The van der Waals surface area contributed by atoms with Gasteiger partial charge in [0.25, 0.3) is 11.4 Å². The van der Waals surface area contributed by atoms with E-state index in [1.807, 2.05) is 0 Å². The van der Waals surface area contributed by atoms with Gasteiger partial charge in [-0.05, 0) is 13.0 Å². The monoisotopic (exact) mass is 296 g/mol. The van der Waals surface area contributed by atoms with Crippen molar-refractivity contribution >= 4 is 28.9 Å². The fraction of sp³-hybridized carbons (Fsp3) is 0.182. The molecule has 1 rings (SSSR count). The number of carboxylic acids is 1. The number of carbonyl (C=O) groups is 3. The summed E-state index contributed by atoms with van der Waals surface area (Å²) in [6.45, 7) is 0.855. The number of carbonyl (C=O) groups excluding carboxylic acids is 2. The number of rotatable bonds is 6. The third-order valence-electron chi connectivity index (χ3n) is 2.57. The van der Waals surface area contributed by atoms with Crippen LogP contribution in [0.15, 0.2) is 18.2 Å². The topological polar surface area (TPSA) is 158 Å². The quantitative estimate of drug-likeness (QED) is 0.352. The number of benzene rings is 1. The first-order chi connectivity index (χ1) is 9.66. The van der Waals surface area contributed by atoms with Gasteiger partial charge in [-0.1, -0.05) is 0 Å². The Morgan fingerprint density at radius 1 is 1.14 bits per heavy atom. The molecule has 21 heavy (non-hydrogen) atoms. The molecule has 0 aliphatic rings. The number of nitrogens with zero attached hydrogens (tertiary/aromatic N) is 2. The molecule has 1 N–H and O–H groups in total. The van der Waals surface area contributed by atoms with Crippen LogP contribution in [0.4, 0.5) is 11.4 Å². The number of Topliss-reactive ketones (excluding diaryl/α,β-unsaturated/α-hetero) is 2. The van der Waals surface area contributed by atoms with E-state index in [4.69, 9.17) is 5.11 Å². The van der Waals surface area contributed by atoms with Crippen molar-refractivity contribution < 1.29 is 29.3 Å². The van der Waals surface area contributed by atoms with Crippen LogP contribution in [0.25, 0.3) is 0 Å². The van der Waals surface area contributed by atoms with E-state index in [2.05, 4.69) is 0 Å². The van der Waals surface area contributed by atoms with Crippen LogP contribution < -0.4 is 0 Å². The summed E-state index contributed by atoms with van der Waals surface area (Å²) < 4.78 is 0. The third kappa shape index (κ3) is 3.23. The number of hydrogen-bond acceptors (Lipinski definition) is 7. The molecule has 0 spiro atoms. The van der Waals surface area contributed by atoms with Gasteiger partial charge in [-0.3, -0.25) is 34.6 Å². The number of hydrogen-bond donors (Lipinski definition) is 1. The van der Waals surface area contributed by atoms with Crippen molar-refractivity contribution in [3.05, 3.63) is 44.0 Å². The second-order valence-corrected chi connectivity index (χ2v) is 3.96. The van der Waals surface area contributed by atoms with Crippen LogP contribution in [0.3, 0.4) is 0 Å². The summed E-state index contributed by atoms with van der Waals surface area (Å²) in [5, 5.41) is 30.2. The molecule has 0 aliphatic heterocycles. The van der Waals surface area contributed by atoms with Crippen LogP contribution in [0.2, 0.25) is 0 Å². The van der Waals surface area contributed by atoms with Gasteiger partial charge in [0, 0.05) is 6.07 Å². The normalized spacial score (nSPS) is 11.5. The van der Waals surface area contributed by atoms with E-state index in [0.717, 1.165) is 19.1 Å². The first-order valence-corrected chi connectivity index (χ1v) is 5.37. The largest absolute Gasteiger partial charge is 0.480 e. The van der Waals surface area contributed by atoms with E-state index in [0.29, 0.717) is 6.07 Å². The standard InChI is InChI=1S/C11H8N2O8/c1-5(14)9(11(16)17)10(15)7-3-2-6(12(18)19)4-8(7)13(20)21/h2-4,9H,1H3,(H,16,17). The SMILES string of the molecule is CC(=O)C(C(=O)O)C(=O)c1ccc([N+](=O)[O-])cc1[N+](=O)[O-]. The zero-order valence-electron chi connectivity index (χ0n) is 10.5. The van der Waals surface area contributed by atoms with Gasteiger partial charge in [0.15, 0.2) is 17.5 Å². The molecule has 1 aromatic carbocycles. The first kappa shape index (κ1) is 15.9. The molecule has 1 aromatic rings. The second-order valence-electron chi connectivity index (χ2n) is 3.96. The van der Waals surface area contributed by atoms with Crippen molar-refractivity contribution in [3.63, 3.8) is 0 Å². The molecule has 1 atom stereocenters. The number of carboxylic acid groups (broad SMARTS) is 1. The predicted octanol–water partition coefficient (Wildman–Crippen LogP) is 0.975. The van der Waals surface area contributed by atoms with Gasteiger partial charge in [-0.25, -0.2) is 0 Å². The Bertz CT molecular complexity index is 652. The van der Waals surface area contributed by atoms with E-state index < -0.39 is 50.2 Å². The highest BCUT2D eigenvalue weighted by Gasteiger charge is 2.36. The molecule has 1 unspecified atom stereocenters. The summed E-state index contributed by atoms with van der Waals surface area (Å²) in [6, 6.07) is 2.11.